The molecule has 0 spiro atoms. The van der Waals surface area contributed by atoms with Crippen molar-refractivity contribution >= 4 is 28.8 Å². The van der Waals surface area contributed by atoms with Gasteiger partial charge in [0.25, 0.3) is 0 Å². The Hall–Kier alpha value is -1.74. The number of alkyl halides is 2. The van der Waals surface area contributed by atoms with E-state index >= 15 is 0 Å². The zero-order valence-corrected chi connectivity index (χ0v) is 11.3. The molecule has 0 heterocycles. The SMILES string of the molecule is O=C(OCc1ccc2ccccc2c1)C(F)(F)SOO[O-]. The fourth-order valence-corrected chi connectivity index (χ4v) is 1.89. The number of carbonyl (C=O) groups is 1. The van der Waals surface area contributed by atoms with Crippen molar-refractivity contribution in [1.82, 2.24) is 0 Å². The molecule has 21 heavy (non-hydrogen) atoms. The Labute approximate surface area is 122 Å². The first-order valence-corrected chi connectivity index (χ1v) is 6.44. The molecule has 0 aliphatic carbocycles. The summed E-state index contributed by atoms with van der Waals surface area (Å²) in [6.07, 6.45) is 0. The molecule has 0 saturated heterocycles. The van der Waals surface area contributed by atoms with Crippen molar-refractivity contribution in [1.29, 1.82) is 0 Å². The Kier molecular flexibility index (Phi) is 5.07. The van der Waals surface area contributed by atoms with Crippen LogP contribution in [0.5, 0.6) is 0 Å². The fraction of sp³-hybridized carbons (Fsp3) is 0.154. The molecule has 0 saturated carbocycles. The van der Waals surface area contributed by atoms with Crippen molar-refractivity contribution in [2.75, 3.05) is 0 Å². The van der Waals surface area contributed by atoms with Gasteiger partial charge in [-0.25, -0.2) is 4.79 Å². The van der Waals surface area contributed by atoms with Crippen LogP contribution in [0.2, 0.25) is 0 Å². The second kappa shape index (κ2) is 6.81. The molecular formula is C13H9F2O5S-. The van der Waals surface area contributed by atoms with Crippen molar-refractivity contribution in [2.45, 2.75) is 11.9 Å². The third-order valence-corrected chi connectivity index (χ3v) is 3.09. The summed E-state index contributed by atoms with van der Waals surface area (Å²) in [7, 11) is 0. The molecule has 8 heteroatoms. The van der Waals surface area contributed by atoms with Gasteiger partial charge in [0.15, 0.2) is 0 Å². The lowest BCUT2D eigenvalue weighted by Gasteiger charge is -2.14. The topological polar surface area (TPSA) is 67.8 Å². The van der Waals surface area contributed by atoms with Gasteiger partial charge < -0.3 is 9.99 Å². The first kappa shape index (κ1) is 15.6. The fourth-order valence-electron chi connectivity index (χ4n) is 1.65. The lowest BCUT2D eigenvalue weighted by Crippen LogP contribution is -2.27. The number of esters is 1. The third kappa shape index (κ3) is 4.11. The highest BCUT2D eigenvalue weighted by Gasteiger charge is 2.43. The van der Waals surface area contributed by atoms with E-state index in [9.17, 15) is 18.8 Å². The molecule has 0 unspecified atom stereocenters. The average molecular weight is 315 g/mol. The monoisotopic (exact) mass is 315 g/mol. The standard InChI is InChI=1S/C13H10F2O5S/c14-13(15,21-20-19-17)12(16)18-8-9-5-6-10-3-1-2-4-11(10)7-9/h1-7,17H,8H2/p-1. The maximum Gasteiger partial charge on any atom is 0.415 e. The number of rotatable bonds is 6. The van der Waals surface area contributed by atoms with E-state index in [1.807, 2.05) is 24.3 Å². The molecule has 0 aromatic heterocycles. The van der Waals surface area contributed by atoms with Gasteiger partial charge in [-0.15, -0.1) is 0 Å². The Morgan fingerprint density at radius 1 is 1.19 bits per heavy atom. The summed E-state index contributed by atoms with van der Waals surface area (Å²) in [6.45, 7) is -0.321. The number of fused-ring (bicyclic) bond motifs is 1. The predicted octanol–water partition coefficient (Wildman–Crippen LogP) is 2.35. The second-order valence-electron chi connectivity index (χ2n) is 3.99. The Morgan fingerprint density at radius 3 is 2.62 bits per heavy atom. The minimum Gasteiger partial charge on any atom is -0.691 e. The van der Waals surface area contributed by atoms with Crippen LogP contribution in [0.3, 0.4) is 0 Å². The molecule has 0 bridgehead atoms. The number of benzene rings is 2. The summed E-state index contributed by atoms with van der Waals surface area (Å²) < 4.78 is 34.1. The lowest BCUT2D eigenvalue weighted by molar-refractivity contribution is -0.777. The lowest BCUT2D eigenvalue weighted by atomic mass is 10.1. The van der Waals surface area contributed by atoms with Crippen LogP contribution in [0.15, 0.2) is 42.5 Å². The highest BCUT2D eigenvalue weighted by Crippen LogP contribution is 2.31. The number of halogens is 2. The van der Waals surface area contributed by atoms with Crippen molar-refractivity contribution in [3.8, 4) is 0 Å². The normalized spacial score (nSPS) is 11.6. The number of ether oxygens (including phenoxy) is 1. The van der Waals surface area contributed by atoms with E-state index < -0.39 is 23.3 Å². The summed E-state index contributed by atoms with van der Waals surface area (Å²) >= 11 is -0.718. The van der Waals surface area contributed by atoms with Gasteiger partial charge in [-0.1, -0.05) is 36.4 Å². The van der Waals surface area contributed by atoms with Crippen LogP contribution in [0.4, 0.5) is 8.78 Å². The molecule has 0 amide bonds. The van der Waals surface area contributed by atoms with E-state index in [0.717, 1.165) is 10.8 Å². The van der Waals surface area contributed by atoms with E-state index in [1.165, 1.54) is 0 Å². The van der Waals surface area contributed by atoms with Crippen molar-refractivity contribution in [3.63, 3.8) is 0 Å². The molecule has 112 valence electrons. The van der Waals surface area contributed by atoms with Gasteiger partial charge in [-0.3, -0.25) is 5.04 Å². The van der Waals surface area contributed by atoms with Gasteiger partial charge in [0, 0.05) is 0 Å². The van der Waals surface area contributed by atoms with E-state index in [4.69, 9.17) is 0 Å². The molecule has 0 fully saturated rings. The molecule has 2 aromatic carbocycles. The molecular weight excluding hydrogens is 306 g/mol. The van der Waals surface area contributed by atoms with E-state index in [0.29, 0.717) is 5.56 Å². The molecule has 2 aromatic rings. The zero-order chi connectivity index (χ0) is 15.3. The summed E-state index contributed by atoms with van der Waals surface area (Å²) in [4.78, 5) is 11.2. The minimum absolute atomic E-state index is 0.321. The van der Waals surface area contributed by atoms with Crippen LogP contribution in [0.1, 0.15) is 5.56 Å². The first-order chi connectivity index (χ1) is 10.0. The van der Waals surface area contributed by atoms with Crippen molar-refractivity contribution in [3.05, 3.63) is 48.0 Å². The quantitative estimate of drug-likeness (QED) is 0.353. The largest absolute Gasteiger partial charge is 0.691 e. The number of hydrogen-bond acceptors (Lipinski definition) is 6. The Balaban J connectivity index is 1.99. The third-order valence-electron chi connectivity index (χ3n) is 2.59. The van der Waals surface area contributed by atoms with Crippen molar-refractivity contribution < 1.29 is 32.9 Å². The molecule has 0 atom stereocenters. The smallest absolute Gasteiger partial charge is 0.415 e. The molecule has 0 N–H and O–H groups in total. The van der Waals surface area contributed by atoms with Gasteiger partial charge >= 0.3 is 11.2 Å². The van der Waals surface area contributed by atoms with Gasteiger partial charge in [-0.2, -0.15) is 13.1 Å². The molecule has 5 nitrogen and oxygen atoms in total. The maximum atomic E-state index is 13.1. The Morgan fingerprint density at radius 2 is 1.90 bits per heavy atom. The van der Waals surface area contributed by atoms with Gasteiger partial charge in [0.05, 0.1) is 0 Å². The van der Waals surface area contributed by atoms with Gasteiger partial charge in [-0.05, 0) is 22.4 Å². The number of hydrogen-bond donors (Lipinski definition) is 0. The molecule has 0 radical (unpaired) electrons. The molecule has 0 aliphatic rings. The first-order valence-electron chi connectivity index (χ1n) is 5.70. The van der Waals surface area contributed by atoms with Crippen LogP contribution in [-0.4, -0.2) is 11.2 Å². The predicted molar refractivity (Wildman–Crippen MR) is 68.5 cm³/mol. The average Bonchev–Trinajstić information content (AvgIpc) is 2.50. The molecule has 2 rings (SSSR count). The highest BCUT2D eigenvalue weighted by atomic mass is 32.2. The second-order valence-corrected chi connectivity index (χ2v) is 4.81. The number of carbonyl (C=O) groups excluding carboxylic acids is 1. The van der Waals surface area contributed by atoms with Crippen LogP contribution in [0, 0.1) is 0 Å². The summed E-state index contributed by atoms with van der Waals surface area (Å²) in [5.41, 5.74) is 0.559. The maximum absolute atomic E-state index is 13.1. The van der Waals surface area contributed by atoms with Crippen LogP contribution >= 0.6 is 12.0 Å². The van der Waals surface area contributed by atoms with Gasteiger partial charge in [0.1, 0.15) is 18.6 Å². The van der Waals surface area contributed by atoms with Crippen LogP contribution in [-0.2, 0) is 25.5 Å². The highest BCUT2D eigenvalue weighted by molar-refractivity contribution is 7.96. The zero-order valence-electron chi connectivity index (χ0n) is 10.5. The minimum atomic E-state index is -4.03. The van der Waals surface area contributed by atoms with E-state index in [2.05, 4.69) is 14.1 Å². The van der Waals surface area contributed by atoms with Crippen LogP contribution < -0.4 is 5.26 Å². The van der Waals surface area contributed by atoms with E-state index in [1.54, 1.807) is 18.2 Å². The summed E-state index contributed by atoms with van der Waals surface area (Å²) in [5, 5.41) is 10.1. The summed E-state index contributed by atoms with van der Waals surface area (Å²) in [6, 6.07) is 12.6. The van der Waals surface area contributed by atoms with Crippen LogP contribution in [0.25, 0.3) is 10.8 Å². The van der Waals surface area contributed by atoms with Gasteiger partial charge in [0.2, 0.25) is 0 Å². The van der Waals surface area contributed by atoms with Crippen molar-refractivity contribution in [2.24, 2.45) is 0 Å². The van der Waals surface area contributed by atoms with E-state index in [-0.39, 0.29) is 6.61 Å². The molecule has 0 aliphatic heterocycles. The summed E-state index contributed by atoms with van der Waals surface area (Å²) in [5.74, 6) is -1.82. The Bertz CT molecular complexity index is 635.